The fourth-order valence-corrected chi connectivity index (χ4v) is 4.98. The van der Waals surface area contributed by atoms with Crippen LogP contribution in [0.25, 0.3) is 0 Å². The fraction of sp³-hybridized carbons (Fsp3) is 0.500. The van der Waals surface area contributed by atoms with Crippen LogP contribution in [-0.4, -0.2) is 86.2 Å². The number of amides is 1. The third-order valence-corrected chi connectivity index (χ3v) is 6.63. The molecule has 2 aliphatic rings. The van der Waals surface area contributed by atoms with Crippen molar-refractivity contribution in [3.8, 4) is 5.88 Å². The zero-order valence-electron chi connectivity index (χ0n) is 18.0. The molecule has 2 fully saturated rings. The molecular formula is C20H22F4N4O5S. The average molecular weight is 506 g/mol. The summed E-state index contributed by atoms with van der Waals surface area (Å²) in [6.07, 6.45) is -1.09. The first-order valence-corrected chi connectivity index (χ1v) is 11.0. The number of ether oxygens (including phenoxy) is 2. The second-order valence-electron chi connectivity index (χ2n) is 7.65. The summed E-state index contributed by atoms with van der Waals surface area (Å²) in [5, 5.41) is 11.4. The van der Waals surface area contributed by atoms with Crippen LogP contribution in [-0.2, 0) is 16.1 Å². The van der Waals surface area contributed by atoms with E-state index in [-0.39, 0.29) is 22.6 Å². The Balaban J connectivity index is 0.000000406. The number of halogens is 4. The molecule has 34 heavy (non-hydrogen) atoms. The van der Waals surface area contributed by atoms with Crippen molar-refractivity contribution in [2.75, 3.05) is 32.6 Å². The van der Waals surface area contributed by atoms with Gasteiger partial charge in [-0.25, -0.2) is 14.2 Å². The van der Waals surface area contributed by atoms with Crippen LogP contribution in [0.5, 0.6) is 5.88 Å². The lowest BCUT2D eigenvalue weighted by molar-refractivity contribution is -0.192. The summed E-state index contributed by atoms with van der Waals surface area (Å²) in [7, 11) is 1.63. The minimum Gasteiger partial charge on any atom is -0.475 e. The van der Waals surface area contributed by atoms with Gasteiger partial charge in [-0.2, -0.15) is 18.3 Å². The summed E-state index contributed by atoms with van der Waals surface area (Å²) in [5.41, 5.74) is 0.451. The first-order chi connectivity index (χ1) is 16.0. The lowest BCUT2D eigenvalue weighted by Gasteiger charge is -2.47. The second-order valence-corrected chi connectivity index (χ2v) is 9.14. The van der Waals surface area contributed by atoms with E-state index in [1.54, 1.807) is 46.8 Å². The molecule has 186 valence electrons. The third kappa shape index (κ3) is 6.38. The number of hydrogen-bond donors (Lipinski definition) is 1. The molecule has 0 aliphatic carbocycles. The number of methoxy groups -OCH3 is 1. The monoisotopic (exact) mass is 506 g/mol. The lowest BCUT2D eigenvalue weighted by atomic mass is 9.92. The van der Waals surface area contributed by atoms with Gasteiger partial charge < -0.3 is 19.5 Å². The highest BCUT2D eigenvalue weighted by Gasteiger charge is 2.51. The van der Waals surface area contributed by atoms with Gasteiger partial charge in [0.1, 0.15) is 11.8 Å². The van der Waals surface area contributed by atoms with Crippen LogP contribution in [0.3, 0.4) is 0 Å². The van der Waals surface area contributed by atoms with Crippen LogP contribution in [0.1, 0.15) is 16.9 Å². The van der Waals surface area contributed by atoms with Gasteiger partial charge in [-0.1, -0.05) is 0 Å². The molecule has 1 N–H and O–H groups in total. The molecule has 9 nitrogen and oxygen atoms in total. The molecule has 4 heterocycles. The van der Waals surface area contributed by atoms with Crippen molar-refractivity contribution in [1.82, 2.24) is 19.7 Å². The summed E-state index contributed by atoms with van der Waals surface area (Å²) < 4.78 is 57.9. The number of aliphatic carboxylic acids is 1. The van der Waals surface area contributed by atoms with Crippen LogP contribution >= 0.6 is 11.8 Å². The number of carboxylic acid groups (broad SMARTS) is 1. The summed E-state index contributed by atoms with van der Waals surface area (Å²) in [6, 6.07) is 4.62. The van der Waals surface area contributed by atoms with Crippen molar-refractivity contribution < 1.29 is 41.7 Å². The second kappa shape index (κ2) is 10.6. The molecule has 1 spiro atoms. The van der Waals surface area contributed by atoms with Gasteiger partial charge in [0.15, 0.2) is 5.82 Å². The number of pyridine rings is 1. The van der Waals surface area contributed by atoms with Crippen LogP contribution in [0.15, 0.2) is 30.6 Å². The Hall–Kier alpha value is -2.87. The molecule has 1 amide bonds. The van der Waals surface area contributed by atoms with Crippen molar-refractivity contribution in [2.45, 2.75) is 30.0 Å². The maximum atomic E-state index is 13.7. The van der Waals surface area contributed by atoms with E-state index in [0.717, 1.165) is 12.2 Å². The number of likely N-dealkylation sites (tertiary alicyclic amines) is 1. The van der Waals surface area contributed by atoms with Crippen LogP contribution in [0.4, 0.5) is 17.6 Å². The number of alkyl halides is 3. The maximum absolute atomic E-state index is 13.7. The van der Waals surface area contributed by atoms with Gasteiger partial charge in [0.05, 0.1) is 17.9 Å². The van der Waals surface area contributed by atoms with Gasteiger partial charge >= 0.3 is 12.1 Å². The van der Waals surface area contributed by atoms with E-state index >= 15 is 0 Å². The average Bonchev–Trinajstić information content (AvgIpc) is 3.40. The first kappa shape index (κ1) is 25.7. The molecule has 1 atom stereocenters. The molecule has 1 unspecified atom stereocenters. The highest BCUT2D eigenvalue weighted by molar-refractivity contribution is 8.01. The number of carboxylic acids is 1. The number of carbonyl (C=O) groups is 2. The van der Waals surface area contributed by atoms with E-state index in [2.05, 4.69) is 10.1 Å². The molecule has 4 rings (SSSR count). The Kier molecular flexibility index (Phi) is 8.02. The quantitative estimate of drug-likeness (QED) is 0.596. The predicted molar refractivity (Wildman–Crippen MR) is 112 cm³/mol. The number of thioether (sulfide) groups is 1. The van der Waals surface area contributed by atoms with Gasteiger partial charge in [0, 0.05) is 44.8 Å². The lowest BCUT2D eigenvalue weighted by Crippen LogP contribution is -2.60. The summed E-state index contributed by atoms with van der Waals surface area (Å²) in [6.45, 7) is 2.49. The number of rotatable bonds is 6. The number of hydrogen-bond acceptors (Lipinski definition) is 7. The molecule has 0 saturated carbocycles. The highest BCUT2D eigenvalue weighted by Crippen LogP contribution is 2.46. The zero-order valence-corrected chi connectivity index (χ0v) is 18.8. The summed E-state index contributed by atoms with van der Waals surface area (Å²) in [4.78, 5) is 27.2. The standard InChI is InChI=1S/C18H21FN4O3S.C2HF3O2/c1-25-8-7-23-6-4-15(21-23)17(24)22-11-18(12-22)9-13(10-27-18)26-16-14(19)3-2-5-20-16;3-2(4,5)1(6)7/h2-6,13H,7-12H2,1H3;(H,6,7). The van der Waals surface area contributed by atoms with Gasteiger partial charge in [-0.05, 0) is 18.2 Å². The van der Waals surface area contributed by atoms with Crippen LogP contribution in [0.2, 0.25) is 0 Å². The maximum Gasteiger partial charge on any atom is 0.490 e. The molecule has 2 saturated heterocycles. The number of carbonyl (C=O) groups excluding carboxylic acids is 1. The summed E-state index contributed by atoms with van der Waals surface area (Å²) in [5.74, 6) is -2.44. The first-order valence-electron chi connectivity index (χ1n) is 10.1. The Bertz CT molecular complexity index is 1010. The molecule has 0 radical (unpaired) electrons. The topological polar surface area (TPSA) is 107 Å². The Morgan fingerprint density at radius 1 is 1.32 bits per heavy atom. The molecule has 2 aromatic rings. The Morgan fingerprint density at radius 2 is 2.03 bits per heavy atom. The highest BCUT2D eigenvalue weighted by atomic mass is 32.2. The normalized spacial score (nSPS) is 18.7. The predicted octanol–water partition coefficient (Wildman–Crippen LogP) is 2.48. The molecule has 14 heteroatoms. The van der Waals surface area contributed by atoms with E-state index in [1.165, 1.54) is 12.3 Å². The van der Waals surface area contributed by atoms with Gasteiger partial charge in [0.25, 0.3) is 11.8 Å². The minimum absolute atomic E-state index is 0.00972. The zero-order chi connectivity index (χ0) is 24.9. The largest absolute Gasteiger partial charge is 0.490 e. The molecular weight excluding hydrogens is 484 g/mol. The van der Waals surface area contributed by atoms with Crippen LogP contribution < -0.4 is 4.74 Å². The van der Waals surface area contributed by atoms with Gasteiger partial charge in [-0.15, -0.1) is 11.8 Å². The van der Waals surface area contributed by atoms with Crippen molar-refractivity contribution in [3.05, 3.63) is 42.1 Å². The van der Waals surface area contributed by atoms with Crippen molar-refractivity contribution >= 4 is 23.6 Å². The number of aromatic nitrogens is 3. The van der Waals surface area contributed by atoms with Crippen molar-refractivity contribution in [2.24, 2.45) is 0 Å². The Labute approximate surface area is 196 Å². The smallest absolute Gasteiger partial charge is 0.475 e. The molecule has 0 aromatic carbocycles. The van der Waals surface area contributed by atoms with E-state index in [4.69, 9.17) is 19.4 Å². The van der Waals surface area contributed by atoms with Crippen molar-refractivity contribution in [1.29, 1.82) is 0 Å². The number of nitrogens with zero attached hydrogens (tertiary/aromatic N) is 4. The third-order valence-electron chi connectivity index (χ3n) is 5.05. The van der Waals surface area contributed by atoms with Crippen molar-refractivity contribution in [3.63, 3.8) is 0 Å². The van der Waals surface area contributed by atoms with E-state index in [1.807, 2.05) is 0 Å². The van der Waals surface area contributed by atoms with E-state index in [9.17, 15) is 22.4 Å². The van der Waals surface area contributed by atoms with E-state index in [0.29, 0.717) is 31.9 Å². The SMILES string of the molecule is COCCn1ccc(C(=O)N2CC3(CC(Oc4ncccc4F)CS3)C2)n1.O=C(O)C(F)(F)F. The summed E-state index contributed by atoms with van der Waals surface area (Å²) >= 11 is 1.79. The minimum atomic E-state index is -5.08. The van der Waals surface area contributed by atoms with E-state index < -0.39 is 18.0 Å². The molecule has 2 aromatic heterocycles. The Morgan fingerprint density at radius 3 is 2.65 bits per heavy atom. The van der Waals surface area contributed by atoms with Crippen LogP contribution in [0, 0.1) is 5.82 Å². The van der Waals surface area contributed by atoms with Gasteiger partial charge in [-0.3, -0.25) is 9.48 Å². The molecule has 2 aliphatic heterocycles. The van der Waals surface area contributed by atoms with Gasteiger partial charge in [0.2, 0.25) is 0 Å². The fourth-order valence-electron chi connectivity index (χ4n) is 3.45. The molecule has 0 bridgehead atoms.